The Morgan fingerprint density at radius 2 is 1.71 bits per heavy atom. The zero-order valence-electron chi connectivity index (χ0n) is 15.8. The van der Waals surface area contributed by atoms with Crippen molar-refractivity contribution in [1.29, 1.82) is 0 Å². The van der Waals surface area contributed by atoms with Gasteiger partial charge in [0.05, 0.1) is 17.3 Å². The van der Waals surface area contributed by atoms with Gasteiger partial charge in [-0.15, -0.1) is 0 Å². The van der Waals surface area contributed by atoms with E-state index in [0.717, 1.165) is 19.6 Å². The van der Waals surface area contributed by atoms with Crippen LogP contribution in [0, 0.1) is 5.82 Å². The lowest BCUT2D eigenvalue weighted by Crippen LogP contribution is -2.48. The number of amides is 1. The number of halogens is 1. The van der Waals surface area contributed by atoms with Gasteiger partial charge in [0.1, 0.15) is 5.82 Å². The van der Waals surface area contributed by atoms with Crippen molar-refractivity contribution < 1.29 is 13.6 Å². The van der Waals surface area contributed by atoms with Gasteiger partial charge >= 0.3 is 0 Å². The molecule has 0 N–H and O–H groups in total. The average molecular weight is 379 g/mol. The van der Waals surface area contributed by atoms with E-state index in [-0.39, 0.29) is 11.7 Å². The molecule has 1 amide bonds. The van der Waals surface area contributed by atoms with E-state index < -0.39 is 0 Å². The fourth-order valence-electron chi connectivity index (χ4n) is 3.48. The van der Waals surface area contributed by atoms with Crippen molar-refractivity contribution in [2.45, 2.75) is 6.92 Å². The molecule has 3 aromatic rings. The second kappa shape index (κ2) is 7.94. The Morgan fingerprint density at radius 1 is 1.04 bits per heavy atom. The Morgan fingerprint density at radius 3 is 2.43 bits per heavy atom. The molecule has 0 radical (unpaired) electrons. The quantitative estimate of drug-likeness (QED) is 0.689. The fourth-order valence-corrected chi connectivity index (χ4v) is 3.48. The van der Waals surface area contributed by atoms with E-state index in [1.165, 1.54) is 12.3 Å². The third-order valence-corrected chi connectivity index (χ3v) is 5.14. The Balaban J connectivity index is 1.62. The molecular weight excluding hydrogens is 357 g/mol. The lowest BCUT2D eigenvalue weighted by molar-refractivity contribution is 0.0644. The molecule has 0 aliphatic carbocycles. The van der Waals surface area contributed by atoms with Crippen LogP contribution in [0.25, 0.3) is 22.8 Å². The molecule has 1 fully saturated rings. The summed E-state index contributed by atoms with van der Waals surface area (Å²) in [6, 6.07) is 13.7. The first kappa shape index (κ1) is 18.4. The number of carbonyl (C=O) groups excluding carboxylic acids is 1. The first-order valence-corrected chi connectivity index (χ1v) is 9.49. The largest absolute Gasteiger partial charge is 0.436 e. The van der Waals surface area contributed by atoms with E-state index >= 15 is 0 Å². The summed E-state index contributed by atoms with van der Waals surface area (Å²) in [4.78, 5) is 21.6. The van der Waals surface area contributed by atoms with Gasteiger partial charge in [0.15, 0.2) is 5.76 Å². The van der Waals surface area contributed by atoms with E-state index in [0.29, 0.717) is 41.4 Å². The molecule has 28 heavy (non-hydrogen) atoms. The van der Waals surface area contributed by atoms with Crippen molar-refractivity contribution in [2.24, 2.45) is 0 Å². The van der Waals surface area contributed by atoms with Crippen LogP contribution in [0.1, 0.15) is 17.3 Å². The lowest BCUT2D eigenvalue weighted by Gasteiger charge is -2.34. The monoisotopic (exact) mass is 379 g/mol. The number of hydrogen-bond acceptors (Lipinski definition) is 4. The molecule has 0 unspecified atom stereocenters. The van der Waals surface area contributed by atoms with Gasteiger partial charge in [0.2, 0.25) is 5.89 Å². The molecule has 1 aromatic heterocycles. The van der Waals surface area contributed by atoms with Crippen LogP contribution in [0.15, 0.2) is 59.1 Å². The summed E-state index contributed by atoms with van der Waals surface area (Å²) < 4.78 is 19.9. The first-order chi connectivity index (χ1) is 13.7. The molecule has 6 heteroatoms. The number of rotatable bonds is 4. The van der Waals surface area contributed by atoms with E-state index in [4.69, 9.17) is 4.42 Å². The van der Waals surface area contributed by atoms with Crippen LogP contribution in [-0.2, 0) is 0 Å². The summed E-state index contributed by atoms with van der Waals surface area (Å²) in [5, 5.41) is 0. The lowest BCUT2D eigenvalue weighted by atomic mass is 10.1. The SMILES string of the molecule is CCN1CCN(C(=O)c2ccccc2-c2ncc(-c3ccccc3F)o2)CC1. The van der Waals surface area contributed by atoms with Crippen LogP contribution in [0.5, 0.6) is 0 Å². The predicted molar refractivity (Wildman–Crippen MR) is 105 cm³/mol. The molecule has 2 aromatic carbocycles. The minimum absolute atomic E-state index is 0.0306. The number of benzene rings is 2. The summed E-state index contributed by atoms with van der Waals surface area (Å²) in [7, 11) is 0. The molecule has 0 spiro atoms. The van der Waals surface area contributed by atoms with Crippen molar-refractivity contribution >= 4 is 5.91 Å². The minimum Gasteiger partial charge on any atom is -0.436 e. The molecule has 0 atom stereocenters. The zero-order chi connectivity index (χ0) is 19.5. The molecule has 144 valence electrons. The zero-order valence-corrected chi connectivity index (χ0v) is 15.8. The maximum Gasteiger partial charge on any atom is 0.254 e. The highest BCUT2D eigenvalue weighted by atomic mass is 19.1. The third-order valence-electron chi connectivity index (χ3n) is 5.14. The minimum atomic E-state index is -0.372. The summed E-state index contributed by atoms with van der Waals surface area (Å²) in [6.07, 6.45) is 1.50. The highest BCUT2D eigenvalue weighted by molar-refractivity contribution is 6.00. The number of piperazine rings is 1. The van der Waals surface area contributed by atoms with Crippen LogP contribution in [0.3, 0.4) is 0 Å². The molecule has 4 rings (SSSR count). The second-order valence-corrected chi connectivity index (χ2v) is 6.78. The second-order valence-electron chi connectivity index (χ2n) is 6.78. The summed E-state index contributed by atoms with van der Waals surface area (Å²) >= 11 is 0. The van der Waals surface area contributed by atoms with E-state index in [9.17, 15) is 9.18 Å². The van der Waals surface area contributed by atoms with E-state index in [2.05, 4.69) is 16.8 Å². The van der Waals surface area contributed by atoms with Gasteiger partial charge in [-0.05, 0) is 30.8 Å². The van der Waals surface area contributed by atoms with Crippen molar-refractivity contribution in [3.05, 3.63) is 66.1 Å². The van der Waals surface area contributed by atoms with Crippen LogP contribution in [0.4, 0.5) is 4.39 Å². The number of carbonyl (C=O) groups is 1. The third kappa shape index (κ3) is 3.55. The van der Waals surface area contributed by atoms with Crippen LogP contribution in [0.2, 0.25) is 0 Å². The molecule has 1 aliphatic heterocycles. The Kier molecular flexibility index (Phi) is 5.21. The van der Waals surface area contributed by atoms with Crippen LogP contribution < -0.4 is 0 Å². The number of nitrogens with zero attached hydrogens (tertiary/aromatic N) is 3. The molecule has 5 nitrogen and oxygen atoms in total. The van der Waals surface area contributed by atoms with E-state index in [1.807, 2.05) is 23.1 Å². The van der Waals surface area contributed by atoms with Gasteiger partial charge in [0, 0.05) is 31.7 Å². The van der Waals surface area contributed by atoms with Gasteiger partial charge in [-0.3, -0.25) is 4.79 Å². The normalized spacial score (nSPS) is 15.0. The van der Waals surface area contributed by atoms with Gasteiger partial charge < -0.3 is 14.2 Å². The molecular formula is C22H22FN3O2. The smallest absolute Gasteiger partial charge is 0.254 e. The van der Waals surface area contributed by atoms with Gasteiger partial charge in [-0.1, -0.05) is 31.2 Å². The molecule has 0 bridgehead atoms. The van der Waals surface area contributed by atoms with Crippen LogP contribution in [-0.4, -0.2) is 53.4 Å². The first-order valence-electron chi connectivity index (χ1n) is 9.49. The van der Waals surface area contributed by atoms with Crippen molar-refractivity contribution in [1.82, 2.24) is 14.8 Å². The summed E-state index contributed by atoms with van der Waals surface area (Å²) in [5.41, 5.74) is 1.52. The molecule has 0 saturated carbocycles. The van der Waals surface area contributed by atoms with Gasteiger partial charge in [0.25, 0.3) is 5.91 Å². The van der Waals surface area contributed by atoms with E-state index in [1.54, 1.807) is 24.3 Å². The topological polar surface area (TPSA) is 49.6 Å². The average Bonchev–Trinajstić information content (AvgIpc) is 3.23. The van der Waals surface area contributed by atoms with Crippen LogP contribution >= 0.6 is 0 Å². The van der Waals surface area contributed by atoms with Crippen molar-refractivity contribution in [2.75, 3.05) is 32.7 Å². The molecule has 1 aliphatic rings. The summed E-state index contributed by atoms with van der Waals surface area (Å²) in [5.74, 6) is 0.252. The number of likely N-dealkylation sites (N-methyl/N-ethyl adjacent to an activating group) is 1. The van der Waals surface area contributed by atoms with Gasteiger partial charge in [-0.2, -0.15) is 0 Å². The number of oxazole rings is 1. The predicted octanol–water partition coefficient (Wildman–Crippen LogP) is 3.93. The Labute approximate surface area is 163 Å². The highest BCUT2D eigenvalue weighted by Gasteiger charge is 2.25. The maximum absolute atomic E-state index is 14.0. The summed E-state index contributed by atoms with van der Waals surface area (Å²) in [6.45, 7) is 6.28. The van der Waals surface area contributed by atoms with Crippen molar-refractivity contribution in [3.63, 3.8) is 0 Å². The molecule has 2 heterocycles. The highest BCUT2D eigenvalue weighted by Crippen LogP contribution is 2.30. The molecule has 1 saturated heterocycles. The fraction of sp³-hybridized carbons (Fsp3) is 0.273. The van der Waals surface area contributed by atoms with Gasteiger partial charge in [-0.25, -0.2) is 9.37 Å². The maximum atomic E-state index is 14.0. The Bertz CT molecular complexity index is 977. The number of hydrogen-bond donors (Lipinski definition) is 0. The van der Waals surface area contributed by atoms with Crippen molar-refractivity contribution in [3.8, 4) is 22.8 Å². The standard InChI is InChI=1S/C22H22FN3O2/c1-2-25-11-13-26(14-12-25)22(27)17-8-4-3-7-16(17)21-24-15-20(28-21)18-9-5-6-10-19(18)23/h3-10,15H,2,11-14H2,1H3. The number of aromatic nitrogens is 1. The Hall–Kier alpha value is -2.99.